The third-order valence-corrected chi connectivity index (χ3v) is 3.74. The van der Waals surface area contributed by atoms with E-state index in [1.807, 2.05) is 4.98 Å². The summed E-state index contributed by atoms with van der Waals surface area (Å²) in [6.45, 7) is 0. The van der Waals surface area contributed by atoms with Crippen LogP contribution in [0, 0.1) is 0 Å². The van der Waals surface area contributed by atoms with E-state index in [1.54, 1.807) is 18.2 Å². The molecule has 0 saturated carbocycles. The van der Waals surface area contributed by atoms with Crippen molar-refractivity contribution in [2.45, 2.75) is 0 Å². The summed E-state index contributed by atoms with van der Waals surface area (Å²) in [4.78, 5) is 42.7. The zero-order valence-electron chi connectivity index (χ0n) is 10.3. The highest BCUT2D eigenvalue weighted by Crippen LogP contribution is 2.28. The second-order valence-electron chi connectivity index (χ2n) is 4.09. The van der Waals surface area contributed by atoms with Crippen LogP contribution in [-0.4, -0.2) is 20.9 Å². The van der Waals surface area contributed by atoms with Crippen LogP contribution >= 0.6 is 22.9 Å². The van der Waals surface area contributed by atoms with Gasteiger partial charge in [-0.15, -0.1) is 0 Å². The molecular weight excluding hydrogens is 316 g/mol. The zero-order chi connectivity index (χ0) is 15.0. The fraction of sp³-hybridized carbons (Fsp3) is 0. The number of benzene rings is 1. The quantitative estimate of drug-likeness (QED) is 0.665. The molecule has 9 heteroatoms. The number of nitrogens with one attached hydrogen (secondary N) is 3. The number of halogens is 1. The maximum Gasteiger partial charge on any atom is 0.326 e. The lowest BCUT2D eigenvalue weighted by atomic mass is 10.3. The molecule has 0 radical (unpaired) electrons. The van der Waals surface area contributed by atoms with Crippen molar-refractivity contribution in [3.63, 3.8) is 0 Å². The van der Waals surface area contributed by atoms with Crippen molar-refractivity contribution in [1.29, 1.82) is 0 Å². The highest BCUT2D eigenvalue weighted by atomic mass is 35.5. The molecule has 1 amide bonds. The number of hydrogen-bond donors (Lipinski definition) is 3. The summed E-state index contributed by atoms with van der Waals surface area (Å²) in [6.07, 6.45) is 0. The van der Waals surface area contributed by atoms with Crippen LogP contribution in [0.1, 0.15) is 10.5 Å². The Labute approximate surface area is 125 Å². The first-order valence-electron chi connectivity index (χ1n) is 5.72. The molecule has 0 fully saturated rings. The summed E-state index contributed by atoms with van der Waals surface area (Å²) in [5, 5.41) is 3.44. The largest absolute Gasteiger partial charge is 0.326 e. The Bertz CT molecular complexity index is 931. The number of hydrogen-bond acceptors (Lipinski definition) is 5. The van der Waals surface area contributed by atoms with Gasteiger partial charge in [-0.3, -0.25) is 19.9 Å². The van der Waals surface area contributed by atoms with E-state index in [1.165, 1.54) is 11.3 Å². The Hall–Kier alpha value is -2.45. The van der Waals surface area contributed by atoms with Crippen molar-refractivity contribution < 1.29 is 4.79 Å². The van der Waals surface area contributed by atoms with Crippen LogP contribution in [0.4, 0.5) is 5.13 Å². The normalized spacial score (nSPS) is 10.7. The Morgan fingerprint density at radius 1 is 1.24 bits per heavy atom. The first-order chi connectivity index (χ1) is 10.0. The van der Waals surface area contributed by atoms with Gasteiger partial charge in [0.05, 0.1) is 10.2 Å². The number of rotatable bonds is 2. The van der Waals surface area contributed by atoms with E-state index in [2.05, 4.69) is 15.3 Å². The van der Waals surface area contributed by atoms with Gasteiger partial charge in [0.25, 0.3) is 11.5 Å². The van der Waals surface area contributed by atoms with Gasteiger partial charge in [0.15, 0.2) is 5.13 Å². The van der Waals surface area contributed by atoms with Crippen LogP contribution in [-0.2, 0) is 0 Å². The molecule has 0 unspecified atom stereocenters. The third kappa shape index (κ3) is 2.86. The highest BCUT2D eigenvalue weighted by molar-refractivity contribution is 7.22. The summed E-state index contributed by atoms with van der Waals surface area (Å²) >= 11 is 7.12. The molecule has 3 aromatic rings. The second-order valence-corrected chi connectivity index (χ2v) is 5.55. The molecule has 0 aliphatic carbocycles. The van der Waals surface area contributed by atoms with E-state index in [4.69, 9.17) is 11.6 Å². The maximum atomic E-state index is 12.0. The minimum absolute atomic E-state index is 0.138. The molecule has 0 aliphatic rings. The standard InChI is InChI=1S/C12H7ClN4O3S/c13-5-1-2-6-8(3-5)21-12(15-6)17-10(19)7-4-9(18)16-11(20)14-7/h1-4H,(H,15,17,19)(H2,14,16,18,20). The first-order valence-corrected chi connectivity index (χ1v) is 6.92. The van der Waals surface area contributed by atoms with Gasteiger partial charge in [-0.25, -0.2) is 9.78 Å². The number of aromatic amines is 2. The summed E-state index contributed by atoms with van der Waals surface area (Å²) in [5.74, 6) is -0.622. The van der Waals surface area contributed by atoms with E-state index < -0.39 is 17.2 Å². The zero-order valence-corrected chi connectivity index (χ0v) is 11.8. The SMILES string of the molecule is O=C(Nc1nc2ccc(Cl)cc2s1)c1cc(=O)[nH]c(=O)[nH]1. The molecule has 1 aromatic carbocycles. The molecule has 0 saturated heterocycles. The molecule has 7 nitrogen and oxygen atoms in total. The van der Waals surface area contributed by atoms with Crippen LogP contribution in [0.2, 0.25) is 5.02 Å². The van der Waals surface area contributed by atoms with Gasteiger partial charge in [0.2, 0.25) is 0 Å². The van der Waals surface area contributed by atoms with Gasteiger partial charge in [-0.1, -0.05) is 22.9 Å². The molecule has 106 valence electrons. The molecule has 0 atom stereocenters. The molecule has 0 aliphatic heterocycles. The van der Waals surface area contributed by atoms with Crippen LogP contribution < -0.4 is 16.6 Å². The monoisotopic (exact) mass is 322 g/mol. The van der Waals surface area contributed by atoms with Crippen LogP contribution in [0.3, 0.4) is 0 Å². The fourth-order valence-corrected chi connectivity index (χ4v) is 2.84. The van der Waals surface area contributed by atoms with Crippen LogP contribution in [0.15, 0.2) is 33.9 Å². The number of amides is 1. The summed E-state index contributed by atoms with van der Waals surface area (Å²) in [7, 11) is 0. The van der Waals surface area contributed by atoms with Crippen LogP contribution in [0.25, 0.3) is 10.2 Å². The Morgan fingerprint density at radius 3 is 2.81 bits per heavy atom. The molecule has 3 N–H and O–H groups in total. The van der Waals surface area contributed by atoms with Crippen molar-refractivity contribution >= 4 is 44.2 Å². The average Bonchev–Trinajstić information content (AvgIpc) is 2.78. The first kappa shape index (κ1) is 13.5. The molecule has 0 bridgehead atoms. The smallest absolute Gasteiger partial charge is 0.303 e. The molecule has 2 heterocycles. The van der Waals surface area contributed by atoms with E-state index in [0.29, 0.717) is 15.7 Å². The summed E-state index contributed by atoms with van der Waals surface area (Å²) in [5.41, 5.74) is -0.844. The number of nitrogens with zero attached hydrogens (tertiary/aromatic N) is 1. The predicted octanol–water partition coefficient (Wildman–Crippen LogP) is 1.58. The van der Waals surface area contributed by atoms with Crippen molar-refractivity contribution in [3.8, 4) is 0 Å². The lowest BCUT2D eigenvalue weighted by molar-refractivity contribution is 0.102. The fourth-order valence-electron chi connectivity index (χ4n) is 1.71. The van der Waals surface area contributed by atoms with Gasteiger partial charge in [-0.2, -0.15) is 0 Å². The van der Waals surface area contributed by atoms with Crippen molar-refractivity contribution in [3.05, 3.63) is 55.8 Å². The Balaban J connectivity index is 1.92. The Kier molecular flexibility index (Phi) is 3.32. The minimum atomic E-state index is -0.747. The third-order valence-electron chi connectivity index (χ3n) is 2.58. The second kappa shape index (κ2) is 5.15. The molecule has 21 heavy (non-hydrogen) atoms. The summed E-state index contributed by atoms with van der Waals surface area (Å²) in [6, 6.07) is 6.17. The predicted molar refractivity (Wildman–Crippen MR) is 80.3 cm³/mol. The van der Waals surface area contributed by atoms with E-state index in [9.17, 15) is 14.4 Å². The summed E-state index contributed by atoms with van der Waals surface area (Å²) < 4.78 is 0.817. The highest BCUT2D eigenvalue weighted by Gasteiger charge is 2.11. The van der Waals surface area contributed by atoms with Gasteiger partial charge in [-0.05, 0) is 18.2 Å². The Morgan fingerprint density at radius 2 is 2.05 bits per heavy atom. The van der Waals surface area contributed by atoms with Gasteiger partial charge < -0.3 is 4.98 Å². The van der Waals surface area contributed by atoms with E-state index >= 15 is 0 Å². The number of carbonyl (C=O) groups excluding carboxylic acids is 1. The number of aromatic nitrogens is 3. The topological polar surface area (TPSA) is 108 Å². The van der Waals surface area contributed by atoms with E-state index in [-0.39, 0.29) is 5.69 Å². The lowest BCUT2D eigenvalue weighted by Gasteiger charge is -1.99. The molecule has 0 spiro atoms. The molecular formula is C12H7ClN4O3S. The van der Waals surface area contributed by atoms with Gasteiger partial charge in [0.1, 0.15) is 5.69 Å². The molecule has 3 rings (SSSR count). The number of fused-ring (bicyclic) bond motifs is 1. The lowest BCUT2D eigenvalue weighted by Crippen LogP contribution is -2.27. The number of thiazole rings is 1. The number of H-pyrrole nitrogens is 2. The van der Waals surface area contributed by atoms with Crippen molar-refractivity contribution in [2.24, 2.45) is 0 Å². The van der Waals surface area contributed by atoms with E-state index in [0.717, 1.165) is 10.8 Å². The van der Waals surface area contributed by atoms with Gasteiger partial charge in [0, 0.05) is 11.1 Å². The average molecular weight is 323 g/mol. The van der Waals surface area contributed by atoms with Gasteiger partial charge >= 0.3 is 5.69 Å². The van der Waals surface area contributed by atoms with Crippen molar-refractivity contribution in [1.82, 2.24) is 15.0 Å². The maximum absolute atomic E-state index is 12.0. The number of carbonyl (C=O) groups is 1. The van der Waals surface area contributed by atoms with Crippen molar-refractivity contribution in [2.75, 3.05) is 5.32 Å². The minimum Gasteiger partial charge on any atom is -0.303 e. The molecule has 2 aromatic heterocycles. The van der Waals surface area contributed by atoms with Crippen LogP contribution in [0.5, 0.6) is 0 Å². The number of anilines is 1.